The number of aromatic nitrogens is 2. The predicted octanol–water partition coefficient (Wildman–Crippen LogP) is 0.557. The van der Waals surface area contributed by atoms with Crippen molar-refractivity contribution >= 4 is 5.91 Å². The van der Waals surface area contributed by atoms with E-state index in [1.807, 2.05) is 31.8 Å². The van der Waals surface area contributed by atoms with Gasteiger partial charge >= 0.3 is 5.91 Å². The van der Waals surface area contributed by atoms with Crippen LogP contribution >= 0.6 is 0 Å². The number of carbonyl (C=O) groups excluding carboxylic acids is 1. The molecule has 2 aromatic heterocycles. The van der Waals surface area contributed by atoms with Gasteiger partial charge in [0.15, 0.2) is 5.76 Å². The molecule has 0 aliphatic rings. The van der Waals surface area contributed by atoms with Gasteiger partial charge in [-0.25, -0.2) is 10.8 Å². The van der Waals surface area contributed by atoms with Gasteiger partial charge in [0.05, 0.1) is 6.54 Å². The van der Waals surface area contributed by atoms with Crippen LogP contribution in [-0.2, 0) is 20.1 Å². The lowest BCUT2D eigenvalue weighted by atomic mass is 10.2. The zero-order valence-corrected chi connectivity index (χ0v) is 11.9. The van der Waals surface area contributed by atoms with E-state index in [-0.39, 0.29) is 5.76 Å². The van der Waals surface area contributed by atoms with Crippen LogP contribution in [0.4, 0.5) is 0 Å². The molecule has 0 aromatic carbocycles. The topological polar surface area (TPSA) is 89.3 Å². The third kappa shape index (κ3) is 3.06. The van der Waals surface area contributed by atoms with Crippen molar-refractivity contribution in [1.82, 2.24) is 19.9 Å². The van der Waals surface area contributed by atoms with Crippen molar-refractivity contribution in [3.8, 4) is 0 Å². The maximum atomic E-state index is 11.4. The number of carbonyl (C=O) groups is 1. The molecule has 108 valence electrons. The number of aryl methyl sites for hydroxylation is 2. The van der Waals surface area contributed by atoms with E-state index >= 15 is 0 Å². The van der Waals surface area contributed by atoms with Gasteiger partial charge in [-0.05, 0) is 20.0 Å². The number of amides is 1. The highest BCUT2D eigenvalue weighted by Crippen LogP contribution is 2.17. The van der Waals surface area contributed by atoms with Gasteiger partial charge < -0.3 is 8.98 Å². The molecule has 0 radical (unpaired) electrons. The molecule has 0 unspecified atom stereocenters. The second kappa shape index (κ2) is 5.89. The second-order valence-corrected chi connectivity index (χ2v) is 4.79. The monoisotopic (exact) mass is 277 g/mol. The number of hydrazine groups is 1. The quantitative estimate of drug-likeness (QED) is 0.473. The minimum atomic E-state index is -0.425. The fourth-order valence-corrected chi connectivity index (χ4v) is 2.00. The number of rotatable bonds is 5. The summed E-state index contributed by atoms with van der Waals surface area (Å²) in [6.45, 7) is 3.21. The smallest absolute Gasteiger partial charge is 0.300 e. The number of furan rings is 1. The first kappa shape index (κ1) is 14.3. The van der Waals surface area contributed by atoms with Crippen LogP contribution in [0.25, 0.3) is 0 Å². The molecule has 0 bridgehead atoms. The van der Waals surface area contributed by atoms with Crippen LogP contribution in [0.1, 0.15) is 27.7 Å². The highest BCUT2D eigenvalue weighted by atomic mass is 16.4. The van der Waals surface area contributed by atoms with Crippen LogP contribution in [0.3, 0.4) is 0 Å². The lowest BCUT2D eigenvalue weighted by Crippen LogP contribution is -2.29. The van der Waals surface area contributed by atoms with Crippen molar-refractivity contribution in [2.45, 2.75) is 20.0 Å². The Morgan fingerprint density at radius 2 is 2.30 bits per heavy atom. The summed E-state index contributed by atoms with van der Waals surface area (Å²) in [6, 6.07) is 1.71. The Bertz CT molecular complexity index is 602. The number of nitrogens with zero attached hydrogens (tertiary/aromatic N) is 3. The van der Waals surface area contributed by atoms with Crippen LogP contribution in [0, 0.1) is 6.92 Å². The summed E-state index contributed by atoms with van der Waals surface area (Å²) in [6.07, 6.45) is 3.69. The van der Waals surface area contributed by atoms with Gasteiger partial charge in [0.2, 0.25) is 0 Å². The highest BCUT2D eigenvalue weighted by Gasteiger charge is 2.15. The summed E-state index contributed by atoms with van der Waals surface area (Å²) in [5.41, 5.74) is 3.02. The molecule has 3 N–H and O–H groups in total. The molecule has 0 atom stereocenters. The first-order chi connectivity index (χ1) is 9.51. The first-order valence-corrected chi connectivity index (χ1v) is 6.26. The lowest BCUT2D eigenvalue weighted by molar-refractivity contribution is 0.0924. The average molecular weight is 277 g/mol. The second-order valence-electron chi connectivity index (χ2n) is 4.79. The van der Waals surface area contributed by atoms with Crippen molar-refractivity contribution in [2.24, 2.45) is 12.9 Å². The molecule has 20 heavy (non-hydrogen) atoms. The number of hydrogen-bond acceptors (Lipinski definition) is 5. The summed E-state index contributed by atoms with van der Waals surface area (Å²) < 4.78 is 7.37. The van der Waals surface area contributed by atoms with Gasteiger partial charge in [0.25, 0.3) is 0 Å². The SMILES string of the molecule is Cc1oc(C(=O)NN)cc1CN(C)Cc1nccn1C. The molecule has 2 aromatic rings. The van der Waals surface area contributed by atoms with E-state index in [2.05, 4.69) is 15.3 Å². The number of nitrogens with two attached hydrogens (primary N) is 1. The number of nitrogens with one attached hydrogen (secondary N) is 1. The standard InChI is InChI=1S/C13H19N5O2/c1-9-10(6-11(20-9)13(19)16-14)7-17(2)8-12-15-4-5-18(12)3/h4-6H,7-8,14H2,1-3H3,(H,16,19). The van der Waals surface area contributed by atoms with E-state index in [1.54, 1.807) is 12.3 Å². The number of nitrogen functional groups attached to an aromatic ring is 1. The summed E-state index contributed by atoms with van der Waals surface area (Å²) in [5.74, 6) is 6.59. The number of hydrogen-bond donors (Lipinski definition) is 2. The first-order valence-electron chi connectivity index (χ1n) is 6.26. The molecular weight excluding hydrogens is 258 g/mol. The Balaban J connectivity index is 2.04. The van der Waals surface area contributed by atoms with E-state index in [0.29, 0.717) is 13.1 Å². The molecule has 0 saturated carbocycles. The Labute approximate surface area is 117 Å². The van der Waals surface area contributed by atoms with Crippen LogP contribution in [0.5, 0.6) is 0 Å². The molecule has 0 aliphatic carbocycles. The van der Waals surface area contributed by atoms with E-state index in [0.717, 1.165) is 17.1 Å². The van der Waals surface area contributed by atoms with Gasteiger partial charge in [-0.1, -0.05) is 0 Å². The van der Waals surface area contributed by atoms with Crippen LogP contribution in [0.15, 0.2) is 22.9 Å². The maximum Gasteiger partial charge on any atom is 0.300 e. The summed E-state index contributed by atoms with van der Waals surface area (Å²) in [4.78, 5) is 17.8. The molecule has 7 heteroatoms. The van der Waals surface area contributed by atoms with E-state index in [4.69, 9.17) is 10.3 Å². The minimum absolute atomic E-state index is 0.227. The summed E-state index contributed by atoms with van der Waals surface area (Å²) in [5, 5.41) is 0. The molecule has 2 rings (SSSR count). The molecule has 0 spiro atoms. The average Bonchev–Trinajstić information content (AvgIpc) is 2.96. The third-order valence-electron chi connectivity index (χ3n) is 3.15. The minimum Gasteiger partial charge on any atom is -0.456 e. The lowest BCUT2D eigenvalue weighted by Gasteiger charge is -2.15. The zero-order valence-electron chi connectivity index (χ0n) is 11.9. The van der Waals surface area contributed by atoms with E-state index in [1.165, 1.54) is 0 Å². The van der Waals surface area contributed by atoms with Crippen molar-refractivity contribution in [3.63, 3.8) is 0 Å². The Hall–Kier alpha value is -2.12. The highest BCUT2D eigenvalue weighted by molar-refractivity contribution is 5.91. The van der Waals surface area contributed by atoms with Crippen molar-refractivity contribution in [2.75, 3.05) is 7.05 Å². The van der Waals surface area contributed by atoms with E-state index in [9.17, 15) is 4.79 Å². The van der Waals surface area contributed by atoms with Gasteiger partial charge in [-0.2, -0.15) is 0 Å². The van der Waals surface area contributed by atoms with Gasteiger partial charge in [0, 0.05) is 31.5 Å². The van der Waals surface area contributed by atoms with Gasteiger partial charge in [0.1, 0.15) is 11.6 Å². The molecule has 2 heterocycles. The number of imidazole rings is 1. The van der Waals surface area contributed by atoms with Crippen molar-refractivity contribution in [1.29, 1.82) is 0 Å². The fraction of sp³-hybridized carbons (Fsp3) is 0.385. The van der Waals surface area contributed by atoms with Crippen LogP contribution < -0.4 is 11.3 Å². The molecular formula is C13H19N5O2. The Kier molecular flexibility index (Phi) is 4.21. The zero-order chi connectivity index (χ0) is 14.7. The van der Waals surface area contributed by atoms with Crippen LogP contribution in [-0.4, -0.2) is 27.4 Å². The van der Waals surface area contributed by atoms with E-state index < -0.39 is 5.91 Å². The normalized spacial score (nSPS) is 11.1. The molecule has 1 amide bonds. The molecule has 0 aliphatic heterocycles. The summed E-state index contributed by atoms with van der Waals surface area (Å²) in [7, 11) is 3.95. The largest absolute Gasteiger partial charge is 0.456 e. The molecule has 0 saturated heterocycles. The predicted molar refractivity (Wildman–Crippen MR) is 73.5 cm³/mol. The van der Waals surface area contributed by atoms with Crippen LogP contribution in [0.2, 0.25) is 0 Å². The van der Waals surface area contributed by atoms with Crippen molar-refractivity contribution in [3.05, 3.63) is 41.4 Å². The van der Waals surface area contributed by atoms with Gasteiger partial charge in [-0.3, -0.25) is 15.1 Å². The Morgan fingerprint density at radius 3 is 2.90 bits per heavy atom. The summed E-state index contributed by atoms with van der Waals surface area (Å²) >= 11 is 0. The Morgan fingerprint density at radius 1 is 1.55 bits per heavy atom. The third-order valence-corrected chi connectivity index (χ3v) is 3.15. The maximum absolute atomic E-state index is 11.4. The fourth-order valence-electron chi connectivity index (χ4n) is 2.00. The van der Waals surface area contributed by atoms with Gasteiger partial charge in [-0.15, -0.1) is 0 Å². The molecule has 0 fully saturated rings. The molecule has 7 nitrogen and oxygen atoms in total. The van der Waals surface area contributed by atoms with Crippen molar-refractivity contribution < 1.29 is 9.21 Å².